The molecule has 2 aliphatic heterocycles. The number of rotatable bonds is 10. The maximum atomic E-state index is 13.4. The van der Waals surface area contributed by atoms with Gasteiger partial charge in [0.25, 0.3) is 0 Å². The lowest BCUT2D eigenvalue weighted by Gasteiger charge is -2.43. The maximum absolute atomic E-state index is 13.4. The molecular formula is C34H39N3O8. The van der Waals surface area contributed by atoms with Gasteiger partial charge in [0, 0.05) is 36.4 Å². The molecule has 3 aromatic rings. The second-order valence-corrected chi connectivity index (χ2v) is 11.4. The lowest BCUT2D eigenvalue weighted by molar-refractivity contribution is -0.158. The molecule has 3 unspecified atom stereocenters. The number of allylic oxidation sites excluding steroid dienone is 3. The number of hydrogen-bond acceptors (Lipinski definition) is 11. The predicted octanol–water partition coefficient (Wildman–Crippen LogP) is 3.63. The molecule has 11 nitrogen and oxygen atoms in total. The molecular weight excluding hydrogens is 578 g/mol. The molecule has 0 radical (unpaired) electrons. The molecule has 45 heavy (non-hydrogen) atoms. The summed E-state index contributed by atoms with van der Waals surface area (Å²) in [6.45, 7) is 5.99. The number of hydrogen-bond donors (Lipinski definition) is 6. The minimum Gasteiger partial charge on any atom is -0.508 e. The Morgan fingerprint density at radius 1 is 1.29 bits per heavy atom. The number of likely N-dealkylation sites (N-methyl/N-ethyl adjacent to an activating group) is 1. The van der Waals surface area contributed by atoms with Crippen molar-refractivity contribution in [3.8, 4) is 28.4 Å². The van der Waals surface area contributed by atoms with E-state index in [2.05, 4.69) is 10.6 Å². The highest BCUT2D eigenvalue weighted by Gasteiger charge is 2.46. The van der Waals surface area contributed by atoms with Crippen molar-refractivity contribution in [2.45, 2.75) is 64.5 Å². The van der Waals surface area contributed by atoms with Crippen LogP contribution in [0.1, 0.15) is 44.9 Å². The third-order valence-electron chi connectivity index (χ3n) is 8.26. The molecule has 0 saturated heterocycles. The summed E-state index contributed by atoms with van der Waals surface area (Å²) in [6, 6.07) is 7.48. The number of aromatic hydroxyl groups is 2. The van der Waals surface area contributed by atoms with Crippen molar-refractivity contribution in [3.63, 3.8) is 0 Å². The number of esters is 1. The average molecular weight is 618 g/mol. The summed E-state index contributed by atoms with van der Waals surface area (Å²) in [6.07, 6.45) is 7.12. The van der Waals surface area contributed by atoms with Gasteiger partial charge in [-0.2, -0.15) is 0 Å². The number of carbonyl (C=O) groups excluding carboxylic acids is 1. The zero-order valence-electron chi connectivity index (χ0n) is 25.6. The molecule has 7 N–H and O–H groups in total. The topological polar surface area (TPSA) is 177 Å². The van der Waals surface area contributed by atoms with Gasteiger partial charge in [-0.15, -0.1) is 0 Å². The Hall–Kier alpha value is -4.58. The van der Waals surface area contributed by atoms with Gasteiger partial charge >= 0.3 is 5.97 Å². The van der Waals surface area contributed by atoms with Crippen molar-refractivity contribution in [1.82, 2.24) is 10.6 Å². The fourth-order valence-corrected chi connectivity index (χ4v) is 5.68. The molecule has 0 aliphatic carbocycles. The Morgan fingerprint density at radius 2 is 2.09 bits per heavy atom. The van der Waals surface area contributed by atoms with Crippen molar-refractivity contribution >= 4 is 16.9 Å². The number of dihydropyridines is 1. The second-order valence-electron chi connectivity index (χ2n) is 11.4. The first-order valence-corrected chi connectivity index (χ1v) is 15.0. The Morgan fingerprint density at radius 3 is 2.76 bits per heavy atom. The number of fused-ring (bicyclic) bond motifs is 2. The number of phenols is 2. The quantitative estimate of drug-likeness (QED) is 0.145. The van der Waals surface area contributed by atoms with Crippen LogP contribution in [0.5, 0.6) is 17.2 Å². The van der Waals surface area contributed by atoms with E-state index < -0.39 is 29.7 Å². The van der Waals surface area contributed by atoms with E-state index in [1.54, 1.807) is 25.1 Å². The molecule has 0 saturated carbocycles. The number of nitrogens with two attached hydrogens (primary N) is 1. The second kappa shape index (κ2) is 13.2. The van der Waals surface area contributed by atoms with Gasteiger partial charge < -0.3 is 45.6 Å². The molecule has 0 bridgehead atoms. The standard InChI is InChI=1S/C34H39N3O8/c1-4-20(17-36-5-2)33(42)44-26-15-24-30(41)29-25(40)14-23(18-38)43-32(29)28(21-7-6-8-22(39)13-21)31(24)45-34(26,3)12-11-19-9-10-27(35)37-16-19/h4,6-10,13-14,16,26-27,36-39,41H,5,11-12,15,17-18,35H2,1-3H3. The van der Waals surface area contributed by atoms with Crippen LogP contribution in [0.4, 0.5) is 0 Å². The number of carbonyl (C=O) groups is 1. The Bertz CT molecular complexity index is 1760. The van der Waals surface area contributed by atoms with E-state index in [1.165, 1.54) is 12.1 Å². The summed E-state index contributed by atoms with van der Waals surface area (Å²) in [5, 5.41) is 37.9. The van der Waals surface area contributed by atoms with E-state index in [9.17, 15) is 24.9 Å². The van der Waals surface area contributed by atoms with Gasteiger partial charge in [-0.1, -0.05) is 31.2 Å². The van der Waals surface area contributed by atoms with Crippen LogP contribution < -0.4 is 26.5 Å². The van der Waals surface area contributed by atoms with E-state index in [1.807, 2.05) is 32.2 Å². The zero-order valence-corrected chi connectivity index (χ0v) is 25.6. The molecule has 3 atom stereocenters. The number of phenolic OH excluding ortho intramolecular Hbond substituents is 2. The van der Waals surface area contributed by atoms with Crippen molar-refractivity contribution in [2.75, 3.05) is 13.1 Å². The summed E-state index contributed by atoms with van der Waals surface area (Å²) in [7, 11) is 0. The predicted molar refractivity (Wildman–Crippen MR) is 170 cm³/mol. The fraction of sp³-hybridized carbons (Fsp3) is 0.353. The van der Waals surface area contributed by atoms with Crippen LogP contribution in [-0.4, -0.2) is 52.2 Å². The highest BCUT2D eigenvalue weighted by atomic mass is 16.6. The Balaban J connectivity index is 1.68. The lowest BCUT2D eigenvalue weighted by atomic mass is 9.82. The largest absolute Gasteiger partial charge is 0.508 e. The van der Waals surface area contributed by atoms with Gasteiger partial charge in [0.15, 0.2) is 11.0 Å². The van der Waals surface area contributed by atoms with E-state index in [0.717, 1.165) is 11.6 Å². The monoisotopic (exact) mass is 617 g/mol. The van der Waals surface area contributed by atoms with Gasteiger partial charge in [-0.05, 0) is 62.6 Å². The molecule has 0 spiro atoms. The van der Waals surface area contributed by atoms with Gasteiger partial charge in [0.05, 0.1) is 11.7 Å². The van der Waals surface area contributed by atoms with Gasteiger partial charge in [0.2, 0.25) is 0 Å². The Labute approximate surface area is 260 Å². The van der Waals surface area contributed by atoms with Crippen molar-refractivity contribution in [1.29, 1.82) is 0 Å². The minimum absolute atomic E-state index is 0.0000625. The Kier molecular flexibility index (Phi) is 9.33. The van der Waals surface area contributed by atoms with Gasteiger partial charge in [-0.3, -0.25) is 4.79 Å². The van der Waals surface area contributed by atoms with E-state index in [4.69, 9.17) is 19.6 Å². The fourth-order valence-electron chi connectivity index (χ4n) is 5.68. The van der Waals surface area contributed by atoms with E-state index in [-0.39, 0.29) is 52.1 Å². The highest BCUT2D eigenvalue weighted by molar-refractivity contribution is 6.01. The first-order valence-electron chi connectivity index (χ1n) is 15.0. The lowest BCUT2D eigenvalue weighted by Crippen LogP contribution is -2.51. The summed E-state index contributed by atoms with van der Waals surface area (Å²) >= 11 is 0. The molecule has 2 aromatic carbocycles. The van der Waals surface area contributed by atoms with E-state index in [0.29, 0.717) is 42.6 Å². The third-order valence-corrected chi connectivity index (χ3v) is 8.26. The SMILES string of the molecule is CC=C(CNCC)C(=O)OC1Cc2c(c(-c3cccc(O)c3)c3oc(CO)cc(=O)c3c2O)OC1(C)CCC1=CNC(N)C=C1. The summed E-state index contributed by atoms with van der Waals surface area (Å²) < 4.78 is 18.9. The number of benzene rings is 2. The number of aliphatic hydroxyl groups excluding tert-OH is 1. The van der Waals surface area contributed by atoms with E-state index >= 15 is 0 Å². The first-order chi connectivity index (χ1) is 21.6. The van der Waals surface area contributed by atoms with Crippen LogP contribution in [0.15, 0.2) is 75.1 Å². The van der Waals surface area contributed by atoms with Crippen LogP contribution in [0, 0.1) is 0 Å². The van der Waals surface area contributed by atoms with Gasteiger partial charge in [-0.25, -0.2) is 4.79 Å². The van der Waals surface area contributed by atoms with Crippen molar-refractivity contribution < 1.29 is 34.0 Å². The molecule has 0 fully saturated rings. The maximum Gasteiger partial charge on any atom is 0.335 e. The van der Waals surface area contributed by atoms with Crippen molar-refractivity contribution in [3.05, 3.63) is 87.5 Å². The first kappa shape index (κ1) is 31.8. The van der Waals surface area contributed by atoms with Crippen LogP contribution >= 0.6 is 0 Å². The molecule has 2 aliphatic rings. The zero-order chi connectivity index (χ0) is 32.3. The van der Waals surface area contributed by atoms with Gasteiger partial charge in [0.1, 0.15) is 46.7 Å². The summed E-state index contributed by atoms with van der Waals surface area (Å²) in [5.41, 5.74) is 6.70. The summed E-state index contributed by atoms with van der Waals surface area (Å²) in [4.78, 5) is 26.7. The average Bonchev–Trinajstić information content (AvgIpc) is 3.02. The normalized spacial score (nSPS) is 21.1. The minimum atomic E-state index is -1.12. The number of nitrogens with one attached hydrogen (secondary N) is 2. The van der Waals surface area contributed by atoms with Crippen LogP contribution in [0.2, 0.25) is 0 Å². The molecule has 0 amide bonds. The third kappa shape index (κ3) is 6.46. The highest BCUT2D eigenvalue weighted by Crippen LogP contribution is 2.51. The van der Waals surface area contributed by atoms with Crippen molar-refractivity contribution in [2.24, 2.45) is 5.73 Å². The molecule has 1 aromatic heterocycles. The molecule has 5 rings (SSSR count). The number of ether oxygens (including phenoxy) is 2. The smallest absolute Gasteiger partial charge is 0.335 e. The van der Waals surface area contributed by atoms with Crippen LogP contribution in [-0.2, 0) is 22.6 Å². The molecule has 11 heteroatoms. The summed E-state index contributed by atoms with van der Waals surface area (Å²) in [5.74, 6) is -0.687. The van der Waals surface area contributed by atoms with Crippen LogP contribution in [0.25, 0.3) is 22.1 Å². The van der Waals surface area contributed by atoms with Crippen LogP contribution in [0.3, 0.4) is 0 Å². The molecule has 3 heterocycles. The number of aliphatic hydroxyl groups is 1. The molecule has 238 valence electrons.